The zero-order valence-electron chi connectivity index (χ0n) is 6.95. The second-order valence-electron chi connectivity index (χ2n) is 2.13. The molecule has 0 spiro atoms. The van der Waals surface area contributed by atoms with Crippen molar-refractivity contribution in [2.24, 2.45) is 10.3 Å². The molecule has 0 aromatic carbocycles. The standard InChI is InChI=1S/C7H8BrN5/c1-10-13-12-7(9)6-3-2-5(8)4-11-6/h2-4H,1H3,(H2,9,10,12). The molecule has 0 bridgehead atoms. The van der Waals surface area contributed by atoms with Crippen molar-refractivity contribution < 1.29 is 0 Å². The van der Waals surface area contributed by atoms with Gasteiger partial charge in [-0.2, -0.15) is 0 Å². The number of amidine groups is 1. The summed E-state index contributed by atoms with van der Waals surface area (Å²) in [4.78, 5) is 3.98. The van der Waals surface area contributed by atoms with Crippen molar-refractivity contribution in [1.29, 1.82) is 5.41 Å². The van der Waals surface area contributed by atoms with Crippen LogP contribution in [0.1, 0.15) is 5.69 Å². The molecule has 0 aliphatic carbocycles. The molecule has 0 saturated heterocycles. The van der Waals surface area contributed by atoms with Gasteiger partial charge in [-0.15, -0.1) is 5.11 Å². The third-order valence-electron chi connectivity index (χ3n) is 1.22. The van der Waals surface area contributed by atoms with Gasteiger partial charge in [0.15, 0.2) is 5.84 Å². The Morgan fingerprint density at radius 3 is 2.92 bits per heavy atom. The first-order valence-electron chi connectivity index (χ1n) is 3.52. The van der Waals surface area contributed by atoms with E-state index in [9.17, 15) is 0 Å². The summed E-state index contributed by atoms with van der Waals surface area (Å²) in [7, 11) is 1.62. The van der Waals surface area contributed by atoms with Crippen LogP contribution in [0, 0.1) is 5.41 Å². The minimum Gasteiger partial charge on any atom is -0.294 e. The quantitative estimate of drug-likeness (QED) is 0.359. The molecule has 1 rings (SSSR count). The van der Waals surface area contributed by atoms with E-state index in [0.717, 1.165) is 4.47 Å². The number of hydrogen-bond donors (Lipinski definition) is 2. The van der Waals surface area contributed by atoms with Gasteiger partial charge in [-0.25, -0.2) is 0 Å². The van der Waals surface area contributed by atoms with E-state index >= 15 is 0 Å². The fourth-order valence-corrected chi connectivity index (χ4v) is 0.902. The average molecular weight is 242 g/mol. The first-order chi connectivity index (χ1) is 6.24. The van der Waals surface area contributed by atoms with Crippen LogP contribution in [0.4, 0.5) is 0 Å². The van der Waals surface area contributed by atoms with Gasteiger partial charge in [-0.05, 0) is 28.1 Å². The van der Waals surface area contributed by atoms with E-state index in [1.54, 1.807) is 25.4 Å². The van der Waals surface area contributed by atoms with Crippen LogP contribution in [0.25, 0.3) is 0 Å². The lowest BCUT2D eigenvalue weighted by molar-refractivity contribution is 0.827. The highest BCUT2D eigenvalue weighted by molar-refractivity contribution is 9.10. The van der Waals surface area contributed by atoms with Gasteiger partial charge in [0, 0.05) is 17.7 Å². The molecule has 0 amide bonds. The van der Waals surface area contributed by atoms with E-state index < -0.39 is 0 Å². The molecule has 6 heteroatoms. The van der Waals surface area contributed by atoms with Gasteiger partial charge in [0.1, 0.15) is 5.69 Å². The fourth-order valence-electron chi connectivity index (χ4n) is 0.667. The summed E-state index contributed by atoms with van der Waals surface area (Å²) < 4.78 is 0.870. The number of hydrogen-bond acceptors (Lipinski definition) is 3. The van der Waals surface area contributed by atoms with Crippen molar-refractivity contribution in [3.63, 3.8) is 0 Å². The van der Waals surface area contributed by atoms with Crippen molar-refractivity contribution >= 4 is 21.8 Å². The van der Waals surface area contributed by atoms with E-state index in [1.165, 1.54) is 0 Å². The predicted molar refractivity (Wildman–Crippen MR) is 52.7 cm³/mol. The molecule has 68 valence electrons. The van der Waals surface area contributed by atoms with Crippen molar-refractivity contribution in [3.05, 3.63) is 28.5 Å². The topological polar surface area (TPSA) is 73.5 Å². The number of aromatic nitrogens is 1. The van der Waals surface area contributed by atoms with Crippen LogP contribution >= 0.6 is 15.9 Å². The van der Waals surface area contributed by atoms with E-state index in [0.29, 0.717) is 5.69 Å². The molecule has 0 atom stereocenters. The maximum absolute atomic E-state index is 7.43. The molecule has 0 aliphatic rings. The zero-order chi connectivity index (χ0) is 9.68. The number of nitrogens with zero attached hydrogens (tertiary/aromatic N) is 3. The molecule has 13 heavy (non-hydrogen) atoms. The molecular formula is C7H8BrN5. The maximum Gasteiger partial charge on any atom is 0.194 e. The first-order valence-corrected chi connectivity index (χ1v) is 4.31. The second-order valence-corrected chi connectivity index (χ2v) is 3.05. The van der Waals surface area contributed by atoms with Gasteiger partial charge in [0.25, 0.3) is 0 Å². The summed E-state index contributed by atoms with van der Waals surface area (Å²) in [5.74, 6) is 0.0295. The Bertz CT molecular complexity index is 318. The molecule has 2 N–H and O–H groups in total. The molecule has 0 saturated carbocycles. The Hall–Kier alpha value is -1.30. The lowest BCUT2D eigenvalue weighted by Gasteiger charge is -1.95. The smallest absolute Gasteiger partial charge is 0.194 e. The SMILES string of the molecule is CN/N=N\C(=N)c1ccc(Br)cn1. The van der Waals surface area contributed by atoms with Gasteiger partial charge in [0.2, 0.25) is 0 Å². The highest BCUT2D eigenvalue weighted by Gasteiger charge is 1.99. The zero-order valence-corrected chi connectivity index (χ0v) is 8.54. The minimum absolute atomic E-state index is 0.0295. The van der Waals surface area contributed by atoms with Crippen molar-refractivity contribution in [2.75, 3.05) is 7.05 Å². The Balaban J connectivity index is 2.78. The summed E-state index contributed by atoms with van der Waals surface area (Å²) in [6, 6.07) is 3.49. The predicted octanol–water partition coefficient (Wildman–Crippen LogP) is 1.76. The maximum atomic E-state index is 7.43. The summed E-state index contributed by atoms with van der Waals surface area (Å²) >= 11 is 3.25. The second kappa shape index (κ2) is 4.66. The van der Waals surface area contributed by atoms with Crippen molar-refractivity contribution in [2.45, 2.75) is 0 Å². The largest absolute Gasteiger partial charge is 0.294 e. The van der Waals surface area contributed by atoms with E-state index in [4.69, 9.17) is 5.41 Å². The Morgan fingerprint density at radius 2 is 2.38 bits per heavy atom. The summed E-state index contributed by atoms with van der Waals surface area (Å²) in [5, 5.41) is 14.5. The lowest BCUT2D eigenvalue weighted by Crippen LogP contribution is -2.00. The van der Waals surface area contributed by atoms with Gasteiger partial charge < -0.3 is 0 Å². The molecular weight excluding hydrogens is 234 g/mol. The minimum atomic E-state index is 0.0295. The Labute approximate surface area is 83.9 Å². The van der Waals surface area contributed by atoms with Crippen molar-refractivity contribution in [3.8, 4) is 0 Å². The molecule has 1 aromatic heterocycles. The Morgan fingerprint density at radius 1 is 1.62 bits per heavy atom. The van der Waals surface area contributed by atoms with Gasteiger partial charge in [-0.1, -0.05) is 5.22 Å². The van der Waals surface area contributed by atoms with Crippen LogP contribution in [-0.2, 0) is 0 Å². The van der Waals surface area contributed by atoms with Crippen LogP contribution in [0.15, 0.2) is 33.1 Å². The number of nitrogens with one attached hydrogen (secondary N) is 2. The summed E-state index contributed by atoms with van der Waals surface area (Å²) in [6.45, 7) is 0. The molecule has 1 aromatic rings. The summed E-state index contributed by atoms with van der Waals surface area (Å²) in [5.41, 5.74) is 2.95. The van der Waals surface area contributed by atoms with Crippen LogP contribution in [0.2, 0.25) is 0 Å². The van der Waals surface area contributed by atoms with Crippen LogP contribution in [0.5, 0.6) is 0 Å². The summed E-state index contributed by atoms with van der Waals surface area (Å²) in [6.07, 6.45) is 1.61. The van der Waals surface area contributed by atoms with Crippen LogP contribution in [-0.4, -0.2) is 17.9 Å². The number of rotatable bonds is 2. The third kappa shape index (κ3) is 2.90. The first kappa shape index (κ1) is 9.79. The van der Waals surface area contributed by atoms with Gasteiger partial charge in [-0.3, -0.25) is 15.8 Å². The van der Waals surface area contributed by atoms with E-state index in [-0.39, 0.29) is 5.84 Å². The lowest BCUT2D eigenvalue weighted by atomic mass is 10.3. The van der Waals surface area contributed by atoms with Crippen molar-refractivity contribution in [1.82, 2.24) is 10.4 Å². The molecule has 0 aliphatic heterocycles. The van der Waals surface area contributed by atoms with Gasteiger partial charge >= 0.3 is 0 Å². The average Bonchev–Trinajstić information content (AvgIpc) is 2.15. The van der Waals surface area contributed by atoms with E-state index in [1.807, 2.05) is 0 Å². The molecule has 0 fully saturated rings. The monoisotopic (exact) mass is 241 g/mol. The van der Waals surface area contributed by atoms with Crippen LogP contribution < -0.4 is 5.43 Å². The highest BCUT2D eigenvalue weighted by Crippen LogP contribution is 2.07. The van der Waals surface area contributed by atoms with E-state index in [2.05, 4.69) is 36.7 Å². The molecule has 0 unspecified atom stereocenters. The normalized spacial score (nSPS) is 10.3. The Kier molecular flexibility index (Phi) is 3.51. The molecule has 1 heterocycles. The van der Waals surface area contributed by atoms with Crippen LogP contribution in [0.3, 0.4) is 0 Å². The molecule has 5 nitrogen and oxygen atoms in total. The highest BCUT2D eigenvalue weighted by atomic mass is 79.9. The molecule has 0 radical (unpaired) electrons. The number of halogens is 1. The third-order valence-corrected chi connectivity index (χ3v) is 1.69. The fraction of sp³-hybridized carbons (Fsp3) is 0.143. The van der Waals surface area contributed by atoms with Gasteiger partial charge in [0.05, 0.1) is 0 Å². The number of pyridine rings is 1.